The Labute approximate surface area is 120 Å². The molecule has 0 radical (unpaired) electrons. The summed E-state index contributed by atoms with van der Waals surface area (Å²) in [6.07, 6.45) is -0.518. The van der Waals surface area contributed by atoms with Crippen molar-refractivity contribution in [2.75, 3.05) is 11.9 Å². The topological polar surface area (TPSA) is 62.7 Å². The number of guanidine groups is 1. The molecule has 0 aliphatic carbocycles. The van der Waals surface area contributed by atoms with Crippen LogP contribution in [0.1, 0.15) is 33.3 Å². The van der Waals surface area contributed by atoms with E-state index in [1.807, 2.05) is 52.0 Å². The summed E-state index contributed by atoms with van der Waals surface area (Å²) in [5.74, 6) is 0.375. The van der Waals surface area contributed by atoms with Gasteiger partial charge in [0.25, 0.3) is 0 Å². The van der Waals surface area contributed by atoms with Crippen LogP contribution in [0.3, 0.4) is 0 Å². The zero-order valence-corrected chi connectivity index (χ0v) is 12.8. The molecule has 1 aromatic carbocycles. The Morgan fingerprint density at radius 2 is 1.85 bits per heavy atom. The first-order chi connectivity index (χ1) is 9.30. The first kappa shape index (κ1) is 16.0. The largest absolute Gasteiger partial charge is 0.450 e. The monoisotopic (exact) mass is 277 g/mol. The summed E-state index contributed by atoms with van der Waals surface area (Å²) in [6.45, 7) is 9.96. The van der Waals surface area contributed by atoms with E-state index in [-0.39, 0.29) is 5.54 Å². The van der Waals surface area contributed by atoms with Crippen LogP contribution >= 0.6 is 0 Å². The summed E-state index contributed by atoms with van der Waals surface area (Å²) in [7, 11) is 0. The van der Waals surface area contributed by atoms with Gasteiger partial charge >= 0.3 is 6.09 Å². The quantitative estimate of drug-likeness (QED) is 0.644. The minimum absolute atomic E-state index is 0.313. The van der Waals surface area contributed by atoms with Gasteiger partial charge in [-0.2, -0.15) is 0 Å². The number of ether oxygens (including phenoxy) is 1. The minimum Gasteiger partial charge on any atom is -0.450 e. The van der Waals surface area contributed by atoms with E-state index in [2.05, 4.69) is 15.6 Å². The molecule has 0 saturated heterocycles. The van der Waals surface area contributed by atoms with Crippen molar-refractivity contribution < 1.29 is 9.53 Å². The zero-order valence-electron chi connectivity index (χ0n) is 12.8. The van der Waals surface area contributed by atoms with Gasteiger partial charge in [0.2, 0.25) is 5.96 Å². The van der Waals surface area contributed by atoms with Gasteiger partial charge in [-0.15, -0.1) is 0 Å². The molecule has 5 nitrogen and oxygen atoms in total. The van der Waals surface area contributed by atoms with Crippen LogP contribution < -0.4 is 10.6 Å². The average molecular weight is 277 g/mol. The molecule has 0 bridgehead atoms. The van der Waals surface area contributed by atoms with Crippen LogP contribution in [-0.2, 0) is 4.74 Å². The number of anilines is 1. The standard InChI is InChI=1S/C15H23N3O2/c1-6-20-14(19)17-13(18-15(3,4)5)16-12-9-7-11(2)8-10-12/h7-10H,6H2,1-5H3,(H2,16,17,18,19). The normalized spacial score (nSPS) is 11.9. The molecule has 0 unspecified atom stereocenters. The third kappa shape index (κ3) is 6.22. The Balaban J connectivity index is 2.85. The fraction of sp³-hybridized carbons (Fsp3) is 0.467. The van der Waals surface area contributed by atoms with Gasteiger partial charge in [-0.25, -0.2) is 9.79 Å². The van der Waals surface area contributed by atoms with Gasteiger partial charge < -0.3 is 10.1 Å². The maximum atomic E-state index is 11.5. The van der Waals surface area contributed by atoms with Gasteiger partial charge in [0.05, 0.1) is 12.1 Å². The third-order valence-corrected chi connectivity index (χ3v) is 2.26. The predicted molar refractivity (Wildman–Crippen MR) is 82.1 cm³/mol. The summed E-state index contributed by atoms with van der Waals surface area (Å²) in [5.41, 5.74) is 1.71. The lowest BCUT2D eigenvalue weighted by molar-refractivity contribution is 0.157. The van der Waals surface area contributed by atoms with Crippen LogP contribution in [0.15, 0.2) is 29.3 Å². The highest BCUT2D eigenvalue weighted by molar-refractivity contribution is 6.02. The first-order valence-electron chi connectivity index (χ1n) is 6.67. The third-order valence-electron chi connectivity index (χ3n) is 2.26. The molecule has 0 aliphatic rings. The molecule has 0 heterocycles. The van der Waals surface area contributed by atoms with Crippen molar-refractivity contribution in [3.8, 4) is 0 Å². The van der Waals surface area contributed by atoms with E-state index < -0.39 is 6.09 Å². The SMILES string of the molecule is CCOC(=O)NC(=NC(C)(C)C)Nc1ccc(C)cc1. The maximum absolute atomic E-state index is 11.5. The second-order valence-electron chi connectivity index (χ2n) is 5.47. The van der Waals surface area contributed by atoms with E-state index in [0.717, 1.165) is 5.69 Å². The van der Waals surface area contributed by atoms with Gasteiger partial charge in [0.15, 0.2) is 0 Å². The maximum Gasteiger partial charge on any atom is 0.413 e. The lowest BCUT2D eigenvalue weighted by Crippen LogP contribution is -2.38. The Morgan fingerprint density at radius 3 is 2.35 bits per heavy atom. The smallest absolute Gasteiger partial charge is 0.413 e. The molecule has 0 atom stereocenters. The number of rotatable bonds is 2. The van der Waals surface area contributed by atoms with Crippen LogP contribution in [0.2, 0.25) is 0 Å². The number of nitrogens with one attached hydrogen (secondary N) is 2. The fourth-order valence-corrected chi connectivity index (χ4v) is 1.46. The minimum atomic E-state index is -0.518. The number of hydrogen-bond acceptors (Lipinski definition) is 3. The summed E-state index contributed by atoms with van der Waals surface area (Å²) in [6, 6.07) is 7.84. The highest BCUT2D eigenvalue weighted by Crippen LogP contribution is 2.11. The van der Waals surface area contributed by atoms with Crippen molar-refractivity contribution in [1.82, 2.24) is 5.32 Å². The van der Waals surface area contributed by atoms with E-state index in [4.69, 9.17) is 4.74 Å². The summed E-state index contributed by atoms with van der Waals surface area (Å²) < 4.78 is 4.87. The Morgan fingerprint density at radius 1 is 1.25 bits per heavy atom. The van der Waals surface area contributed by atoms with Crippen molar-refractivity contribution in [2.45, 2.75) is 40.2 Å². The van der Waals surface area contributed by atoms with E-state index in [0.29, 0.717) is 12.6 Å². The highest BCUT2D eigenvalue weighted by Gasteiger charge is 2.13. The molecule has 110 valence electrons. The van der Waals surface area contributed by atoms with Crippen molar-refractivity contribution in [1.29, 1.82) is 0 Å². The Hall–Kier alpha value is -2.04. The number of nitrogens with zero attached hydrogens (tertiary/aromatic N) is 1. The molecular formula is C15H23N3O2. The Bertz CT molecular complexity index is 473. The molecule has 1 amide bonds. The van der Waals surface area contributed by atoms with Crippen LogP contribution in [0, 0.1) is 6.92 Å². The lowest BCUT2D eigenvalue weighted by atomic mass is 10.1. The van der Waals surface area contributed by atoms with Crippen LogP contribution in [-0.4, -0.2) is 24.2 Å². The van der Waals surface area contributed by atoms with Crippen LogP contribution in [0.5, 0.6) is 0 Å². The van der Waals surface area contributed by atoms with Gasteiger partial charge in [-0.1, -0.05) is 17.7 Å². The zero-order chi connectivity index (χ0) is 15.2. The average Bonchev–Trinajstić information content (AvgIpc) is 2.30. The molecule has 5 heteroatoms. The summed E-state index contributed by atoms with van der Waals surface area (Å²) >= 11 is 0. The van der Waals surface area contributed by atoms with Gasteiger partial charge in [-0.05, 0) is 46.8 Å². The number of hydrogen-bond donors (Lipinski definition) is 2. The summed E-state index contributed by atoms with van der Waals surface area (Å²) in [4.78, 5) is 16.0. The van der Waals surface area contributed by atoms with Crippen molar-refractivity contribution in [3.63, 3.8) is 0 Å². The second-order valence-corrected chi connectivity index (χ2v) is 5.47. The molecule has 0 saturated carbocycles. The molecular weight excluding hydrogens is 254 g/mol. The number of aliphatic imine (C=N–C) groups is 1. The lowest BCUT2D eigenvalue weighted by Gasteiger charge is -2.17. The van der Waals surface area contributed by atoms with Gasteiger partial charge in [-0.3, -0.25) is 5.32 Å². The number of benzene rings is 1. The highest BCUT2D eigenvalue weighted by atomic mass is 16.5. The Kier molecular flexibility index (Phi) is 5.55. The van der Waals surface area contributed by atoms with Crippen molar-refractivity contribution in [2.24, 2.45) is 4.99 Å². The number of alkyl carbamates (subject to hydrolysis) is 1. The fourth-order valence-electron chi connectivity index (χ4n) is 1.46. The van der Waals surface area contributed by atoms with E-state index >= 15 is 0 Å². The van der Waals surface area contributed by atoms with Crippen molar-refractivity contribution >= 4 is 17.7 Å². The first-order valence-corrected chi connectivity index (χ1v) is 6.67. The van der Waals surface area contributed by atoms with Crippen LogP contribution in [0.25, 0.3) is 0 Å². The number of carbonyl (C=O) groups is 1. The molecule has 2 N–H and O–H groups in total. The van der Waals surface area contributed by atoms with Gasteiger partial charge in [0, 0.05) is 5.69 Å². The second kappa shape index (κ2) is 6.93. The van der Waals surface area contributed by atoms with Crippen molar-refractivity contribution in [3.05, 3.63) is 29.8 Å². The molecule has 0 aliphatic heterocycles. The molecule has 0 fully saturated rings. The molecule has 1 rings (SSSR count). The number of amides is 1. The summed E-state index contributed by atoms with van der Waals surface area (Å²) in [5, 5.41) is 5.71. The van der Waals surface area contributed by atoms with E-state index in [9.17, 15) is 4.79 Å². The van der Waals surface area contributed by atoms with Crippen LogP contribution in [0.4, 0.5) is 10.5 Å². The molecule has 0 aromatic heterocycles. The number of aryl methyl sites for hydroxylation is 1. The molecule has 1 aromatic rings. The van der Waals surface area contributed by atoms with E-state index in [1.165, 1.54) is 5.56 Å². The molecule has 20 heavy (non-hydrogen) atoms. The van der Waals surface area contributed by atoms with Gasteiger partial charge in [0.1, 0.15) is 0 Å². The molecule has 0 spiro atoms. The van der Waals surface area contributed by atoms with E-state index in [1.54, 1.807) is 6.92 Å². The predicted octanol–water partition coefficient (Wildman–Crippen LogP) is 3.31. The number of carbonyl (C=O) groups excluding carboxylic acids is 1.